The van der Waals surface area contributed by atoms with Gasteiger partial charge in [-0.05, 0) is 36.1 Å². The summed E-state index contributed by atoms with van der Waals surface area (Å²) in [5.74, 6) is -0.0555. The molecule has 0 amide bonds. The second-order valence-electron chi connectivity index (χ2n) is 9.13. The van der Waals surface area contributed by atoms with Crippen LogP contribution in [0.15, 0.2) is 109 Å². The van der Waals surface area contributed by atoms with E-state index >= 15 is 0 Å². The lowest BCUT2D eigenvalue weighted by Gasteiger charge is -2.35. The Labute approximate surface area is 196 Å². The third-order valence-corrected chi connectivity index (χ3v) is 7.07. The van der Waals surface area contributed by atoms with Gasteiger partial charge in [-0.2, -0.15) is 5.26 Å². The van der Waals surface area contributed by atoms with Crippen LogP contribution in [0.3, 0.4) is 0 Å². The smallest absolute Gasteiger partial charge is 0.110 e. The average Bonchev–Trinajstić information content (AvgIpc) is 3.22. The van der Waals surface area contributed by atoms with Gasteiger partial charge in [0.2, 0.25) is 0 Å². The van der Waals surface area contributed by atoms with Crippen LogP contribution in [0.1, 0.15) is 51.4 Å². The monoisotopic (exact) mass is 428 g/mol. The molecule has 5 rings (SSSR count). The van der Waals surface area contributed by atoms with Crippen LogP contribution >= 0.6 is 0 Å². The molecule has 4 atom stereocenters. The number of aryl methyl sites for hydroxylation is 2. The van der Waals surface area contributed by atoms with Crippen molar-refractivity contribution < 1.29 is 0 Å². The summed E-state index contributed by atoms with van der Waals surface area (Å²) < 4.78 is 0. The van der Waals surface area contributed by atoms with Gasteiger partial charge < -0.3 is 5.32 Å². The van der Waals surface area contributed by atoms with Gasteiger partial charge in [0, 0.05) is 12.0 Å². The van der Waals surface area contributed by atoms with Gasteiger partial charge in [-0.1, -0.05) is 120 Å². The Bertz CT molecular complexity index is 1250. The molecule has 4 aromatic carbocycles. The lowest BCUT2D eigenvalue weighted by molar-refractivity contribution is 0.438. The van der Waals surface area contributed by atoms with Crippen LogP contribution in [0.2, 0.25) is 0 Å². The van der Waals surface area contributed by atoms with E-state index in [1.165, 1.54) is 22.3 Å². The van der Waals surface area contributed by atoms with Gasteiger partial charge >= 0.3 is 0 Å². The van der Waals surface area contributed by atoms with Crippen LogP contribution in [0.25, 0.3) is 0 Å². The summed E-state index contributed by atoms with van der Waals surface area (Å²) in [7, 11) is 0. The van der Waals surface area contributed by atoms with Crippen LogP contribution in [0, 0.1) is 25.2 Å². The molecule has 0 saturated carbocycles. The minimum Gasteiger partial charge on any atom is -0.301 e. The molecule has 1 heterocycles. The Morgan fingerprint density at radius 1 is 0.636 bits per heavy atom. The van der Waals surface area contributed by atoms with E-state index < -0.39 is 5.41 Å². The highest BCUT2D eigenvalue weighted by Gasteiger charge is 2.57. The predicted molar refractivity (Wildman–Crippen MR) is 134 cm³/mol. The van der Waals surface area contributed by atoms with Crippen molar-refractivity contribution in [1.29, 1.82) is 5.26 Å². The van der Waals surface area contributed by atoms with E-state index in [-0.39, 0.29) is 18.0 Å². The molecule has 1 fully saturated rings. The van der Waals surface area contributed by atoms with Crippen molar-refractivity contribution in [2.24, 2.45) is 0 Å². The quantitative estimate of drug-likeness (QED) is 0.382. The standard InChI is InChI=1S/C31H28N2/c1-22-13-17-25(18-14-22)29-28(24-9-5-3-6-10-24)31(21-32,27-11-7-4-8-12-27)30(33-29)26-19-15-23(2)16-20-26/h3-20,28-30,33H,1-2H3. The third-order valence-electron chi connectivity index (χ3n) is 7.07. The van der Waals surface area contributed by atoms with Crippen molar-refractivity contribution >= 4 is 0 Å². The van der Waals surface area contributed by atoms with E-state index in [4.69, 9.17) is 0 Å². The van der Waals surface area contributed by atoms with Crippen molar-refractivity contribution in [3.05, 3.63) is 143 Å². The molecule has 0 aliphatic carbocycles. The molecular weight excluding hydrogens is 400 g/mol. The molecule has 2 nitrogen and oxygen atoms in total. The molecule has 1 N–H and O–H groups in total. The second kappa shape index (κ2) is 8.70. The maximum absolute atomic E-state index is 11.0. The SMILES string of the molecule is Cc1ccc(C2NC(c3ccc(C)cc3)C(C#N)(c3ccccc3)C2c2ccccc2)cc1. The molecule has 162 valence electrons. The van der Waals surface area contributed by atoms with Gasteiger partial charge in [-0.25, -0.2) is 0 Å². The second-order valence-corrected chi connectivity index (χ2v) is 9.13. The van der Waals surface area contributed by atoms with Gasteiger partial charge in [-0.15, -0.1) is 0 Å². The fraction of sp³-hybridized carbons (Fsp3) is 0.194. The summed E-state index contributed by atoms with van der Waals surface area (Å²) in [6, 6.07) is 40.9. The number of hydrogen-bond donors (Lipinski definition) is 1. The van der Waals surface area contributed by atoms with Gasteiger partial charge in [0.1, 0.15) is 5.41 Å². The Balaban J connectivity index is 1.78. The molecule has 0 aromatic heterocycles. The minimum atomic E-state index is -0.770. The molecule has 1 aliphatic heterocycles. The summed E-state index contributed by atoms with van der Waals surface area (Å²) >= 11 is 0. The first-order chi connectivity index (χ1) is 16.1. The molecule has 2 heteroatoms. The molecule has 4 unspecified atom stereocenters. The third kappa shape index (κ3) is 3.65. The van der Waals surface area contributed by atoms with E-state index in [2.05, 4.69) is 110 Å². The Hall–Kier alpha value is -3.67. The molecule has 1 aliphatic rings. The van der Waals surface area contributed by atoms with Crippen molar-refractivity contribution in [1.82, 2.24) is 5.32 Å². The molecule has 0 spiro atoms. The van der Waals surface area contributed by atoms with Gasteiger partial charge in [0.05, 0.1) is 12.1 Å². The maximum Gasteiger partial charge on any atom is 0.110 e. The lowest BCUT2D eigenvalue weighted by Crippen LogP contribution is -2.35. The first-order valence-corrected chi connectivity index (χ1v) is 11.5. The van der Waals surface area contributed by atoms with Crippen LogP contribution in [-0.2, 0) is 5.41 Å². The van der Waals surface area contributed by atoms with Crippen molar-refractivity contribution in [3.8, 4) is 6.07 Å². The highest BCUT2D eigenvalue weighted by Crippen LogP contribution is 2.58. The van der Waals surface area contributed by atoms with E-state index in [0.717, 1.165) is 11.1 Å². The maximum atomic E-state index is 11.0. The van der Waals surface area contributed by atoms with Gasteiger partial charge in [0.25, 0.3) is 0 Å². The largest absolute Gasteiger partial charge is 0.301 e. The Kier molecular flexibility index (Phi) is 5.58. The molecule has 0 radical (unpaired) electrons. The number of nitrogens with one attached hydrogen (secondary N) is 1. The fourth-order valence-electron chi connectivity index (χ4n) is 5.40. The van der Waals surface area contributed by atoms with Crippen LogP contribution < -0.4 is 5.32 Å². The first kappa shape index (κ1) is 21.2. The summed E-state index contributed by atoms with van der Waals surface area (Å²) in [4.78, 5) is 0. The molecule has 1 saturated heterocycles. The van der Waals surface area contributed by atoms with Crippen LogP contribution in [0.5, 0.6) is 0 Å². The van der Waals surface area contributed by atoms with Crippen molar-refractivity contribution in [2.75, 3.05) is 0 Å². The zero-order valence-corrected chi connectivity index (χ0v) is 19.1. The molecule has 0 bridgehead atoms. The minimum absolute atomic E-state index is 0.000779. The highest BCUT2D eigenvalue weighted by atomic mass is 15.0. The normalized spacial score (nSPS) is 24.3. The number of benzene rings is 4. The highest BCUT2D eigenvalue weighted by molar-refractivity contribution is 5.51. The summed E-state index contributed by atoms with van der Waals surface area (Å²) in [6.45, 7) is 4.21. The lowest BCUT2D eigenvalue weighted by atomic mass is 9.63. The average molecular weight is 429 g/mol. The first-order valence-electron chi connectivity index (χ1n) is 11.5. The molecule has 4 aromatic rings. The van der Waals surface area contributed by atoms with Crippen LogP contribution in [0.4, 0.5) is 0 Å². The van der Waals surface area contributed by atoms with Crippen LogP contribution in [-0.4, -0.2) is 0 Å². The number of nitrogens with zero attached hydrogens (tertiary/aromatic N) is 1. The fourth-order valence-corrected chi connectivity index (χ4v) is 5.40. The molecule has 33 heavy (non-hydrogen) atoms. The van der Waals surface area contributed by atoms with E-state index in [1.807, 2.05) is 24.3 Å². The number of rotatable bonds is 4. The summed E-state index contributed by atoms with van der Waals surface area (Å²) in [5.41, 5.74) is 6.25. The Morgan fingerprint density at radius 2 is 1.15 bits per heavy atom. The van der Waals surface area contributed by atoms with Crippen molar-refractivity contribution in [3.63, 3.8) is 0 Å². The predicted octanol–water partition coefficient (Wildman–Crippen LogP) is 6.93. The Morgan fingerprint density at radius 3 is 1.70 bits per heavy atom. The summed E-state index contributed by atoms with van der Waals surface area (Å²) in [5, 5.41) is 14.9. The van der Waals surface area contributed by atoms with Gasteiger partial charge in [0.15, 0.2) is 0 Å². The van der Waals surface area contributed by atoms with Gasteiger partial charge in [-0.3, -0.25) is 0 Å². The molecular formula is C31H28N2. The number of hydrogen-bond acceptors (Lipinski definition) is 2. The van der Waals surface area contributed by atoms with E-state index in [0.29, 0.717) is 0 Å². The zero-order chi connectivity index (χ0) is 22.8. The topological polar surface area (TPSA) is 35.8 Å². The van der Waals surface area contributed by atoms with Crippen molar-refractivity contribution in [2.45, 2.75) is 37.3 Å². The van der Waals surface area contributed by atoms with E-state index in [9.17, 15) is 5.26 Å². The zero-order valence-electron chi connectivity index (χ0n) is 19.1. The van der Waals surface area contributed by atoms with E-state index in [1.54, 1.807) is 0 Å². The summed E-state index contributed by atoms with van der Waals surface area (Å²) in [6.07, 6.45) is 0. The number of nitriles is 1.